The van der Waals surface area contributed by atoms with E-state index in [4.69, 9.17) is 23.2 Å². The molecular weight excluding hydrogens is 201 g/mol. The molecule has 1 heterocycles. The van der Waals surface area contributed by atoms with Crippen LogP contribution in [0.25, 0.3) is 0 Å². The highest BCUT2D eigenvalue weighted by atomic mass is 35.5. The lowest BCUT2D eigenvalue weighted by Crippen LogP contribution is -2.00. The first-order chi connectivity index (χ1) is 5.61. The average Bonchev–Trinajstić information content (AvgIpc) is 2.04. The molecule has 1 aromatic rings. The van der Waals surface area contributed by atoms with Gasteiger partial charge in [-0.15, -0.1) is 0 Å². The quantitative estimate of drug-likeness (QED) is 0.686. The maximum Gasteiger partial charge on any atom is 0.271 e. The summed E-state index contributed by atoms with van der Waals surface area (Å²) in [6.07, 6.45) is 0. The number of hydrogen-bond acceptors (Lipinski definition) is 3. The molecular formula is C7H2Cl2NO2. The minimum absolute atomic E-state index is 0.0144. The van der Waals surface area contributed by atoms with Crippen molar-refractivity contribution in [2.24, 2.45) is 0 Å². The maximum absolute atomic E-state index is 10.6. The molecule has 0 aliphatic heterocycles. The summed E-state index contributed by atoms with van der Waals surface area (Å²) < 4.78 is 0. The van der Waals surface area contributed by atoms with Crippen LogP contribution in [0.1, 0.15) is 21.0 Å². The van der Waals surface area contributed by atoms with E-state index in [1.165, 1.54) is 12.1 Å². The highest BCUT2D eigenvalue weighted by Crippen LogP contribution is 2.04. The number of hydrogen-bond donors (Lipinski definition) is 0. The Morgan fingerprint density at radius 1 is 1.33 bits per heavy atom. The second-order valence-corrected chi connectivity index (χ2v) is 2.56. The molecule has 12 heavy (non-hydrogen) atoms. The Balaban J connectivity index is 3.12. The first kappa shape index (κ1) is 9.16. The lowest BCUT2D eigenvalue weighted by atomic mass is 10.3. The Morgan fingerprint density at radius 2 is 2.00 bits per heavy atom. The molecule has 61 valence electrons. The van der Waals surface area contributed by atoms with Crippen LogP contribution in [0.4, 0.5) is 0 Å². The summed E-state index contributed by atoms with van der Waals surface area (Å²) in [6, 6.07) is 5.16. The smallest absolute Gasteiger partial charge is 0.271 e. The minimum atomic E-state index is -0.769. The van der Waals surface area contributed by atoms with Gasteiger partial charge in [-0.3, -0.25) is 9.59 Å². The molecule has 0 saturated heterocycles. The van der Waals surface area contributed by atoms with Crippen LogP contribution in [-0.2, 0) is 0 Å². The van der Waals surface area contributed by atoms with E-state index in [-0.39, 0.29) is 11.4 Å². The molecule has 1 rings (SSSR count). The van der Waals surface area contributed by atoms with E-state index in [1.807, 2.05) is 0 Å². The predicted octanol–water partition coefficient (Wildman–Crippen LogP) is 1.64. The lowest BCUT2D eigenvalue weighted by Gasteiger charge is -1.93. The maximum atomic E-state index is 10.6. The van der Waals surface area contributed by atoms with Crippen molar-refractivity contribution in [3.05, 3.63) is 29.6 Å². The Hall–Kier alpha value is -0.930. The van der Waals surface area contributed by atoms with Crippen LogP contribution in [0.15, 0.2) is 12.1 Å². The van der Waals surface area contributed by atoms with Gasteiger partial charge < -0.3 is 0 Å². The van der Waals surface area contributed by atoms with Crippen LogP contribution in [0.3, 0.4) is 0 Å². The van der Waals surface area contributed by atoms with Crippen LogP contribution in [0.5, 0.6) is 0 Å². The first-order valence-corrected chi connectivity index (χ1v) is 3.65. The fourth-order valence-corrected chi connectivity index (χ4v) is 0.802. The molecule has 0 aliphatic carbocycles. The number of pyridine rings is 1. The number of nitrogens with zero attached hydrogens (tertiary/aromatic N) is 1. The summed E-state index contributed by atoms with van der Waals surface area (Å²) in [7, 11) is 0. The van der Waals surface area contributed by atoms with Crippen molar-refractivity contribution in [1.82, 2.24) is 4.98 Å². The summed E-state index contributed by atoms with van der Waals surface area (Å²) in [5, 5.41) is -1.50. The standard InChI is InChI=1S/C7H2Cl2NO2/c8-6(11)4-2-1-3-5(10-4)7(9)12/h1-2H. The molecule has 1 aromatic heterocycles. The van der Waals surface area contributed by atoms with Gasteiger partial charge in [0.1, 0.15) is 11.4 Å². The third-order valence-corrected chi connectivity index (χ3v) is 1.45. The van der Waals surface area contributed by atoms with Gasteiger partial charge >= 0.3 is 0 Å². The third kappa shape index (κ3) is 2.03. The highest BCUT2D eigenvalue weighted by Gasteiger charge is 2.08. The molecule has 0 bridgehead atoms. The molecule has 5 heteroatoms. The summed E-state index contributed by atoms with van der Waals surface area (Å²) in [6.45, 7) is 0. The Bertz CT molecular complexity index is 309. The second-order valence-electron chi connectivity index (χ2n) is 1.87. The van der Waals surface area contributed by atoms with Gasteiger partial charge in [-0.2, -0.15) is 0 Å². The SMILES string of the molecule is O=C(Cl)c1[c]ccc(C(=O)Cl)n1. The number of rotatable bonds is 2. The van der Waals surface area contributed by atoms with Gasteiger partial charge in [-0.05, 0) is 35.3 Å². The van der Waals surface area contributed by atoms with E-state index in [0.29, 0.717) is 0 Å². The van der Waals surface area contributed by atoms with Crippen LogP contribution in [0.2, 0.25) is 0 Å². The van der Waals surface area contributed by atoms with Crippen molar-refractivity contribution >= 4 is 33.7 Å². The van der Waals surface area contributed by atoms with E-state index >= 15 is 0 Å². The van der Waals surface area contributed by atoms with Crippen LogP contribution >= 0.6 is 23.2 Å². The van der Waals surface area contributed by atoms with Crippen LogP contribution in [-0.4, -0.2) is 15.5 Å². The normalized spacial score (nSPS) is 9.50. The van der Waals surface area contributed by atoms with Crippen molar-refractivity contribution < 1.29 is 9.59 Å². The van der Waals surface area contributed by atoms with Crippen LogP contribution in [0, 0.1) is 6.07 Å². The van der Waals surface area contributed by atoms with E-state index in [1.54, 1.807) is 0 Å². The van der Waals surface area contributed by atoms with E-state index in [0.717, 1.165) is 0 Å². The average molecular weight is 203 g/mol. The number of carbonyl (C=O) groups is 2. The molecule has 0 amide bonds. The molecule has 0 N–H and O–H groups in total. The zero-order chi connectivity index (χ0) is 9.14. The summed E-state index contributed by atoms with van der Waals surface area (Å²) in [5.74, 6) is 0. The molecule has 0 unspecified atom stereocenters. The largest absolute Gasteiger partial charge is 0.274 e. The summed E-state index contributed by atoms with van der Waals surface area (Å²) in [5.41, 5.74) is -0.123. The Morgan fingerprint density at radius 3 is 2.50 bits per heavy atom. The zero-order valence-electron chi connectivity index (χ0n) is 5.67. The highest BCUT2D eigenvalue weighted by molar-refractivity contribution is 6.68. The lowest BCUT2D eigenvalue weighted by molar-refractivity contribution is 0.107. The van der Waals surface area contributed by atoms with E-state index in [9.17, 15) is 9.59 Å². The molecule has 0 spiro atoms. The first-order valence-electron chi connectivity index (χ1n) is 2.89. The van der Waals surface area contributed by atoms with Crippen molar-refractivity contribution in [2.75, 3.05) is 0 Å². The molecule has 0 saturated carbocycles. The van der Waals surface area contributed by atoms with Crippen molar-refractivity contribution in [1.29, 1.82) is 0 Å². The van der Waals surface area contributed by atoms with Gasteiger partial charge in [0, 0.05) is 6.07 Å². The third-order valence-electron chi connectivity index (χ3n) is 1.08. The zero-order valence-corrected chi connectivity index (χ0v) is 7.19. The van der Waals surface area contributed by atoms with Gasteiger partial charge in [0.05, 0.1) is 0 Å². The van der Waals surface area contributed by atoms with Crippen molar-refractivity contribution in [2.45, 2.75) is 0 Å². The van der Waals surface area contributed by atoms with Gasteiger partial charge in [0.2, 0.25) is 0 Å². The molecule has 0 fully saturated rings. The topological polar surface area (TPSA) is 47.0 Å². The molecule has 0 aliphatic rings. The number of carbonyl (C=O) groups excluding carboxylic acids is 2. The Kier molecular flexibility index (Phi) is 2.78. The van der Waals surface area contributed by atoms with E-state index < -0.39 is 10.5 Å². The van der Waals surface area contributed by atoms with Crippen LogP contribution < -0.4 is 0 Å². The second kappa shape index (κ2) is 3.65. The van der Waals surface area contributed by atoms with Crippen molar-refractivity contribution in [3.8, 4) is 0 Å². The molecule has 3 nitrogen and oxygen atoms in total. The van der Waals surface area contributed by atoms with Gasteiger partial charge in [0.25, 0.3) is 10.5 Å². The van der Waals surface area contributed by atoms with Gasteiger partial charge in [-0.1, -0.05) is 0 Å². The monoisotopic (exact) mass is 202 g/mol. The summed E-state index contributed by atoms with van der Waals surface area (Å²) >= 11 is 10.2. The van der Waals surface area contributed by atoms with E-state index in [2.05, 4.69) is 11.1 Å². The predicted molar refractivity (Wildman–Crippen MR) is 43.4 cm³/mol. The Labute approximate surface area is 78.3 Å². The number of aromatic nitrogens is 1. The minimum Gasteiger partial charge on any atom is -0.274 e. The van der Waals surface area contributed by atoms with Gasteiger partial charge in [0.15, 0.2) is 0 Å². The molecule has 0 aromatic carbocycles. The number of halogens is 2. The fourth-order valence-electron chi connectivity index (χ4n) is 0.600. The molecule has 1 radical (unpaired) electrons. The molecule has 0 atom stereocenters. The fraction of sp³-hybridized carbons (Fsp3) is 0. The van der Waals surface area contributed by atoms with Gasteiger partial charge in [-0.25, -0.2) is 4.98 Å². The summed E-state index contributed by atoms with van der Waals surface area (Å²) in [4.78, 5) is 24.6. The van der Waals surface area contributed by atoms with Crippen molar-refractivity contribution in [3.63, 3.8) is 0 Å².